The number of nitrogens with zero attached hydrogens (tertiary/aromatic N) is 2. The van der Waals surface area contributed by atoms with Crippen LogP contribution < -0.4 is 25.4 Å². The Hall–Kier alpha value is -4.44. The van der Waals surface area contributed by atoms with Gasteiger partial charge < -0.3 is 25.4 Å². The number of hydrogen-bond acceptors (Lipinski definition) is 7. The number of fused-ring (bicyclic) bond motifs is 1. The number of methoxy groups -OCH3 is 1. The summed E-state index contributed by atoms with van der Waals surface area (Å²) in [7, 11) is 3.36. The Bertz CT molecular complexity index is 1540. The van der Waals surface area contributed by atoms with Crippen molar-refractivity contribution in [3.05, 3.63) is 71.8 Å². The van der Waals surface area contributed by atoms with Gasteiger partial charge in [0.2, 0.25) is 17.7 Å². The first-order valence-corrected chi connectivity index (χ1v) is 12.1. The number of carbonyl (C=O) groups excluding carboxylic acids is 2. The Labute approximate surface area is 222 Å². The van der Waals surface area contributed by atoms with Crippen molar-refractivity contribution in [2.45, 2.75) is 12.8 Å². The van der Waals surface area contributed by atoms with Crippen LogP contribution in [0.5, 0.6) is 17.4 Å². The van der Waals surface area contributed by atoms with Crippen molar-refractivity contribution in [1.82, 2.24) is 9.97 Å². The third kappa shape index (κ3) is 4.90. The second-order valence-electron chi connectivity index (χ2n) is 8.74. The van der Waals surface area contributed by atoms with Crippen molar-refractivity contribution >= 4 is 51.4 Å². The molecule has 2 aromatic carbocycles. The molecule has 0 spiro atoms. The van der Waals surface area contributed by atoms with Crippen molar-refractivity contribution in [3.8, 4) is 17.4 Å². The van der Waals surface area contributed by atoms with Crippen LogP contribution in [-0.4, -0.2) is 35.9 Å². The van der Waals surface area contributed by atoms with Crippen LogP contribution >= 0.6 is 11.6 Å². The molecule has 0 aliphatic heterocycles. The second kappa shape index (κ2) is 10.1. The first-order chi connectivity index (χ1) is 18.3. The van der Waals surface area contributed by atoms with Gasteiger partial charge in [0.15, 0.2) is 0 Å². The number of ether oxygens (including phenoxy) is 2. The standard InChI is InChI=1S/C27H23ClFN5O4/c1-30-21-13-20-18(12-23(21)37-2)22(7-10-31-20)38-24-19(28)11-17(14-32-24)34-26(36)27(8-9-27)25(35)33-16-5-3-15(29)4-6-16/h3-7,10-14,30H,8-9H2,1-2H3,(H,33,35)(H,34,36). The summed E-state index contributed by atoms with van der Waals surface area (Å²) < 4.78 is 24.6. The molecule has 4 aromatic rings. The van der Waals surface area contributed by atoms with Crippen LogP contribution in [0.15, 0.2) is 60.9 Å². The Balaban J connectivity index is 1.31. The molecule has 0 atom stereocenters. The van der Waals surface area contributed by atoms with E-state index in [0.717, 1.165) is 5.69 Å². The maximum absolute atomic E-state index is 13.1. The number of benzene rings is 2. The summed E-state index contributed by atoms with van der Waals surface area (Å²) in [5, 5.41) is 9.30. The zero-order chi connectivity index (χ0) is 26.9. The molecular weight excluding hydrogens is 513 g/mol. The number of rotatable bonds is 8. The molecule has 194 valence electrons. The number of hydrogen-bond donors (Lipinski definition) is 3. The van der Waals surface area contributed by atoms with E-state index in [1.165, 1.54) is 36.5 Å². The summed E-state index contributed by atoms with van der Waals surface area (Å²) in [5.74, 6) is -0.135. The van der Waals surface area contributed by atoms with E-state index in [2.05, 4.69) is 25.9 Å². The molecule has 9 nitrogen and oxygen atoms in total. The molecule has 3 N–H and O–H groups in total. The zero-order valence-corrected chi connectivity index (χ0v) is 21.2. The number of nitrogens with one attached hydrogen (secondary N) is 3. The van der Waals surface area contributed by atoms with Gasteiger partial charge in [-0.1, -0.05) is 11.6 Å². The summed E-state index contributed by atoms with van der Waals surface area (Å²) in [6.45, 7) is 0. The highest BCUT2D eigenvalue weighted by molar-refractivity contribution is 6.32. The van der Waals surface area contributed by atoms with E-state index in [-0.39, 0.29) is 10.9 Å². The average molecular weight is 536 g/mol. The van der Waals surface area contributed by atoms with Gasteiger partial charge in [0.1, 0.15) is 27.8 Å². The molecule has 11 heteroatoms. The van der Waals surface area contributed by atoms with Gasteiger partial charge in [0, 0.05) is 24.3 Å². The predicted molar refractivity (Wildman–Crippen MR) is 142 cm³/mol. The van der Waals surface area contributed by atoms with Gasteiger partial charge >= 0.3 is 0 Å². The Morgan fingerprint density at radius 1 is 0.974 bits per heavy atom. The van der Waals surface area contributed by atoms with Crippen LogP contribution in [0.3, 0.4) is 0 Å². The first kappa shape index (κ1) is 25.2. The largest absolute Gasteiger partial charge is 0.495 e. The number of amides is 2. The van der Waals surface area contributed by atoms with Crippen LogP contribution in [0.1, 0.15) is 12.8 Å². The smallest absolute Gasteiger partial charge is 0.240 e. The van der Waals surface area contributed by atoms with Gasteiger partial charge in [-0.15, -0.1) is 0 Å². The number of carbonyl (C=O) groups is 2. The third-order valence-corrected chi connectivity index (χ3v) is 6.56. The lowest BCUT2D eigenvalue weighted by Crippen LogP contribution is -2.35. The van der Waals surface area contributed by atoms with Gasteiger partial charge in [-0.2, -0.15) is 0 Å². The molecule has 1 fully saturated rings. The molecule has 0 bridgehead atoms. The molecule has 2 heterocycles. The normalized spacial score (nSPS) is 13.5. The van der Waals surface area contributed by atoms with Gasteiger partial charge in [-0.3, -0.25) is 14.6 Å². The van der Waals surface area contributed by atoms with E-state index in [9.17, 15) is 14.0 Å². The Kier molecular flexibility index (Phi) is 6.73. The van der Waals surface area contributed by atoms with E-state index in [1.54, 1.807) is 32.5 Å². The van der Waals surface area contributed by atoms with E-state index < -0.39 is 23.0 Å². The summed E-state index contributed by atoms with van der Waals surface area (Å²) in [4.78, 5) is 34.4. The van der Waals surface area contributed by atoms with Gasteiger partial charge in [0.25, 0.3) is 0 Å². The molecule has 0 unspecified atom stereocenters. The maximum Gasteiger partial charge on any atom is 0.240 e. The zero-order valence-electron chi connectivity index (χ0n) is 20.5. The molecule has 0 radical (unpaired) electrons. The van der Waals surface area contributed by atoms with Gasteiger partial charge in [-0.25, -0.2) is 9.37 Å². The summed E-state index contributed by atoms with van der Waals surface area (Å²) in [6.07, 6.45) is 3.79. The fourth-order valence-electron chi connectivity index (χ4n) is 3.99. The number of anilines is 3. The minimum Gasteiger partial charge on any atom is -0.495 e. The molecule has 5 rings (SSSR count). The fourth-order valence-corrected chi connectivity index (χ4v) is 4.20. The Morgan fingerprint density at radius 2 is 1.68 bits per heavy atom. The second-order valence-corrected chi connectivity index (χ2v) is 9.15. The van der Waals surface area contributed by atoms with Crippen molar-refractivity contribution < 1.29 is 23.5 Å². The summed E-state index contributed by atoms with van der Waals surface area (Å²) >= 11 is 6.43. The lowest BCUT2D eigenvalue weighted by atomic mass is 10.0. The maximum atomic E-state index is 13.1. The minimum absolute atomic E-state index is 0.129. The molecule has 1 saturated carbocycles. The van der Waals surface area contributed by atoms with E-state index >= 15 is 0 Å². The quantitative estimate of drug-likeness (QED) is 0.251. The summed E-state index contributed by atoms with van der Waals surface area (Å²) in [5.41, 5.74) is 0.970. The fraction of sp³-hybridized carbons (Fsp3) is 0.185. The predicted octanol–water partition coefficient (Wildman–Crippen LogP) is 5.62. The molecule has 1 aliphatic rings. The molecule has 2 aromatic heterocycles. The van der Waals surface area contributed by atoms with E-state index in [1.807, 2.05) is 6.07 Å². The monoisotopic (exact) mass is 535 g/mol. The lowest BCUT2D eigenvalue weighted by molar-refractivity contribution is -0.131. The topological polar surface area (TPSA) is 114 Å². The SMILES string of the molecule is CNc1cc2nccc(Oc3ncc(NC(=O)C4(C(=O)Nc5ccc(F)cc5)CC4)cc3Cl)c2cc1OC. The number of halogens is 2. The van der Waals surface area contributed by atoms with Crippen LogP contribution in [0.25, 0.3) is 10.9 Å². The van der Waals surface area contributed by atoms with Crippen molar-refractivity contribution in [1.29, 1.82) is 0 Å². The Morgan fingerprint density at radius 3 is 2.32 bits per heavy atom. The minimum atomic E-state index is -1.21. The molecular formula is C27H23ClFN5O4. The third-order valence-electron chi connectivity index (χ3n) is 6.29. The van der Waals surface area contributed by atoms with Crippen LogP contribution in [-0.2, 0) is 9.59 Å². The number of aromatic nitrogens is 2. The van der Waals surface area contributed by atoms with Gasteiger partial charge in [0.05, 0.1) is 30.2 Å². The lowest BCUT2D eigenvalue weighted by Gasteiger charge is -2.16. The highest BCUT2D eigenvalue weighted by Crippen LogP contribution is 2.47. The molecule has 0 saturated heterocycles. The van der Waals surface area contributed by atoms with Crippen LogP contribution in [0.2, 0.25) is 5.02 Å². The van der Waals surface area contributed by atoms with Gasteiger partial charge in [-0.05, 0) is 61.4 Å². The first-order valence-electron chi connectivity index (χ1n) is 11.7. The van der Waals surface area contributed by atoms with Crippen molar-refractivity contribution in [2.75, 3.05) is 30.1 Å². The van der Waals surface area contributed by atoms with E-state index in [4.69, 9.17) is 21.1 Å². The number of pyridine rings is 2. The van der Waals surface area contributed by atoms with Crippen LogP contribution in [0.4, 0.5) is 21.5 Å². The average Bonchev–Trinajstić information content (AvgIpc) is 3.73. The van der Waals surface area contributed by atoms with Crippen molar-refractivity contribution in [2.24, 2.45) is 5.41 Å². The van der Waals surface area contributed by atoms with Crippen molar-refractivity contribution in [3.63, 3.8) is 0 Å². The van der Waals surface area contributed by atoms with Crippen LogP contribution in [0, 0.1) is 11.2 Å². The molecule has 2 amide bonds. The van der Waals surface area contributed by atoms with E-state index in [0.29, 0.717) is 46.6 Å². The molecule has 1 aliphatic carbocycles. The summed E-state index contributed by atoms with van der Waals surface area (Å²) in [6, 6.07) is 12.2. The molecule has 38 heavy (non-hydrogen) atoms. The highest BCUT2D eigenvalue weighted by Gasteiger charge is 2.56. The highest BCUT2D eigenvalue weighted by atomic mass is 35.5.